The summed E-state index contributed by atoms with van der Waals surface area (Å²) in [7, 11) is 0. The molecule has 4 N–H and O–H groups in total. The Morgan fingerprint density at radius 2 is 2.11 bits per heavy atom. The Morgan fingerprint density at radius 1 is 1.44 bits per heavy atom. The van der Waals surface area contributed by atoms with Crippen molar-refractivity contribution >= 4 is 11.4 Å². The molecule has 0 amide bonds. The number of rotatable bonds is 0. The van der Waals surface area contributed by atoms with Crippen LogP contribution in [0.3, 0.4) is 0 Å². The van der Waals surface area contributed by atoms with Crippen molar-refractivity contribution in [2.45, 2.75) is 6.92 Å². The van der Waals surface area contributed by atoms with Crippen LogP contribution in [-0.2, 0) is 0 Å². The summed E-state index contributed by atoms with van der Waals surface area (Å²) >= 11 is 0. The van der Waals surface area contributed by atoms with E-state index in [1.807, 2.05) is 13.0 Å². The first-order valence-electron chi connectivity index (χ1n) is 2.73. The zero-order valence-corrected chi connectivity index (χ0v) is 5.31. The maximum atomic E-state index is 5.48. The van der Waals surface area contributed by atoms with Gasteiger partial charge in [0.2, 0.25) is 0 Å². The predicted molar refractivity (Wildman–Crippen MR) is 38.8 cm³/mol. The molecule has 9 heavy (non-hydrogen) atoms. The fourth-order valence-corrected chi connectivity index (χ4v) is 0.644. The Kier molecular flexibility index (Phi) is 1.30. The maximum absolute atomic E-state index is 5.48. The van der Waals surface area contributed by atoms with Crippen molar-refractivity contribution < 1.29 is 0 Å². The Bertz CT molecular complexity index is 218. The van der Waals surface area contributed by atoms with Gasteiger partial charge in [0, 0.05) is 17.4 Å². The minimum Gasteiger partial charge on any atom is -0.399 e. The first kappa shape index (κ1) is 5.95. The van der Waals surface area contributed by atoms with Gasteiger partial charge in [-0.25, -0.2) is 0 Å². The summed E-state index contributed by atoms with van der Waals surface area (Å²) in [5.41, 5.74) is 13.3. The lowest BCUT2D eigenvalue weighted by Gasteiger charge is -1.97. The number of hydrogen-bond donors (Lipinski definition) is 2. The molecule has 0 spiro atoms. The number of hydrogen-bond acceptors (Lipinski definition) is 2. The average molecular weight is 121 g/mol. The Hall–Kier alpha value is -1.18. The van der Waals surface area contributed by atoms with Crippen molar-refractivity contribution in [3.8, 4) is 0 Å². The van der Waals surface area contributed by atoms with Gasteiger partial charge in [0.05, 0.1) is 0 Å². The number of nitrogens with two attached hydrogens (primary N) is 2. The molecule has 0 aliphatic rings. The van der Waals surface area contributed by atoms with E-state index >= 15 is 0 Å². The number of benzene rings is 1. The molecule has 2 heteroatoms. The van der Waals surface area contributed by atoms with E-state index in [0.29, 0.717) is 11.4 Å². The van der Waals surface area contributed by atoms with Crippen molar-refractivity contribution in [1.29, 1.82) is 0 Å². The van der Waals surface area contributed by atoms with Crippen LogP contribution < -0.4 is 11.5 Å². The van der Waals surface area contributed by atoms with Crippen LogP contribution in [0.2, 0.25) is 0 Å². The molecule has 1 aromatic rings. The van der Waals surface area contributed by atoms with Crippen LogP contribution in [0.4, 0.5) is 11.4 Å². The molecule has 1 radical (unpaired) electrons. The van der Waals surface area contributed by atoms with Crippen molar-refractivity contribution in [1.82, 2.24) is 0 Å². The van der Waals surface area contributed by atoms with Gasteiger partial charge in [-0.3, -0.25) is 0 Å². The minimum atomic E-state index is 0.671. The topological polar surface area (TPSA) is 52.0 Å². The Balaban J connectivity index is 3.17. The zero-order chi connectivity index (χ0) is 6.85. The van der Waals surface area contributed by atoms with E-state index in [0.717, 1.165) is 5.56 Å². The summed E-state index contributed by atoms with van der Waals surface area (Å²) < 4.78 is 0. The van der Waals surface area contributed by atoms with Gasteiger partial charge in [-0.2, -0.15) is 0 Å². The summed E-state index contributed by atoms with van der Waals surface area (Å²) in [6, 6.07) is 6.31. The van der Waals surface area contributed by atoms with Crippen LogP contribution in [0.1, 0.15) is 5.56 Å². The van der Waals surface area contributed by atoms with E-state index in [4.69, 9.17) is 11.5 Å². The lowest BCUT2D eigenvalue weighted by atomic mass is 10.2. The van der Waals surface area contributed by atoms with Crippen molar-refractivity contribution in [2.75, 3.05) is 11.5 Å². The third-order valence-electron chi connectivity index (χ3n) is 1.20. The summed E-state index contributed by atoms with van der Waals surface area (Å²) in [5.74, 6) is 0. The molecule has 0 unspecified atom stereocenters. The summed E-state index contributed by atoms with van der Waals surface area (Å²) in [4.78, 5) is 0. The fraction of sp³-hybridized carbons (Fsp3) is 0.143. The van der Waals surface area contributed by atoms with Gasteiger partial charge in [0.15, 0.2) is 0 Å². The third-order valence-corrected chi connectivity index (χ3v) is 1.20. The second kappa shape index (κ2) is 1.97. The molecule has 0 aliphatic heterocycles. The van der Waals surface area contributed by atoms with Gasteiger partial charge in [0.25, 0.3) is 0 Å². The lowest BCUT2D eigenvalue weighted by molar-refractivity contribution is 1.47. The second-order valence-electron chi connectivity index (χ2n) is 2.03. The molecule has 0 heterocycles. The largest absolute Gasteiger partial charge is 0.399 e. The molecule has 0 aliphatic carbocycles. The quantitative estimate of drug-likeness (QED) is 0.502. The van der Waals surface area contributed by atoms with Gasteiger partial charge < -0.3 is 11.5 Å². The van der Waals surface area contributed by atoms with Crippen LogP contribution >= 0.6 is 0 Å². The summed E-state index contributed by atoms with van der Waals surface area (Å²) in [6.07, 6.45) is 0. The highest BCUT2D eigenvalue weighted by atomic mass is 14.6. The van der Waals surface area contributed by atoms with Gasteiger partial charge in [-0.05, 0) is 24.6 Å². The Labute approximate surface area is 54.5 Å². The SMILES string of the molecule is Cc1cc(N)c[c]c1N. The second-order valence-corrected chi connectivity index (χ2v) is 2.03. The number of nitrogen functional groups attached to an aromatic ring is 2. The first-order valence-corrected chi connectivity index (χ1v) is 2.73. The lowest BCUT2D eigenvalue weighted by Crippen LogP contribution is -1.91. The van der Waals surface area contributed by atoms with E-state index < -0.39 is 0 Å². The predicted octanol–water partition coefficient (Wildman–Crippen LogP) is 0.960. The van der Waals surface area contributed by atoms with Crippen LogP contribution in [0, 0.1) is 13.0 Å². The van der Waals surface area contributed by atoms with Crippen molar-refractivity contribution in [3.05, 3.63) is 23.8 Å². The Morgan fingerprint density at radius 3 is 2.56 bits per heavy atom. The molecule has 1 rings (SSSR count). The average Bonchev–Trinajstić information content (AvgIpc) is 1.80. The van der Waals surface area contributed by atoms with E-state index in [1.165, 1.54) is 0 Å². The van der Waals surface area contributed by atoms with E-state index in [1.54, 1.807) is 6.07 Å². The van der Waals surface area contributed by atoms with Gasteiger partial charge in [-0.1, -0.05) is 0 Å². The maximum Gasteiger partial charge on any atom is 0.0425 e. The highest BCUT2D eigenvalue weighted by Crippen LogP contribution is 2.12. The monoisotopic (exact) mass is 121 g/mol. The van der Waals surface area contributed by atoms with Gasteiger partial charge in [-0.15, -0.1) is 0 Å². The van der Waals surface area contributed by atoms with Crippen LogP contribution in [-0.4, -0.2) is 0 Å². The molecule has 0 bridgehead atoms. The highest BCUT2D eigenvalue weighted by molar-refractivity contribution is 5.53. The molecule has 0 saturated carbocycles. The van der Waals surface area contributed by atoms with E-state index in [9.17, 15) is 0 Å². The minimum absolute atomic E-state index is 0.671. The summed E-state index contributed by atoms with van der Waals surface area (Å²) in [6.45, 7) is 1.90. The molecule has 1 aromatic carbocycles. The first-order chi connectivity index (χ1) is 4.20. The third kappa shape index (κ3) is 1.13. The molecule has 0 aromatic heterocycles. The molecule has 0 fully saturated rings. The van der Waals surface area contributed by atoms with Crippen molar-refractivity contribution in [3.63, 3.8) is 0 Å². The van der Waals surface area contributed by atoms with E-state index in [2.05, 4.69) is 6.07 Å². The van der Waals surface area contributed by atoms with Crippen LogP contribution in [0.5, 0.6) is 0 Å². The smallest absolute Gasteiger partial charge is 0.0425 e. The number of anilines is 2. The molecule has 2 nitrogen and oxygen atoms in total. The molecule has 0 saturated heterocycles. The molecular weight excluding hydrogens is 112 g/mol. The molecular formula is C7H9N2. The summed E-state index contributed by atoms with van der Waals surface area (Å²) in [5, 5.41) is 0. The van der Waals surface area contributed by atoms with Crippen LogP contribution in [0.25, 0.3) is 0 Å². The highest BCUT2D eigenvalue weighted by Gasteiger charge is 1.90. The molecule has 0 atom stereocenters. The van der Waals surface area contributed by atoms with Crippen LogP contribution in [0.15, 0.2) is 12.1 Å². The van der Waals surface area contributed by atoms with Crippen molar-refractivity contribution in [2.24, 2.45) is 0 Å². The standard InChI is InChI=1S/C7H9N2/c1-5-4-6(8)2-3-7(5)9/h2,4H,8-9H2,1H3. The number of aryl methyl sites for hydroxylation is 1. The molecule has 47 valence electrons. The normalized spacial score (nSPS) is 9.44. The zero-order valence-electron chi connectivity index (χ0n) is 5.31. The van der Waals surface area contributed by atoms with Gasteiger partial charge in [0.1, 0.15) is 0 Å². The fourth-order valence-electron chi connectivity index (χ4n) is 0.644. The van der Waals surface area contributed by atoms with Gasteiger partial charge >= 0.3 is 0 Å². The van der Waals surface area contributed by atoms with E-state index in [-0.39, 0.29) is 0 Å².